The number of aliphatic hydroxyl groups is 2. The van der Waals surface area contributed by atoms with Gasteiger partial charge < -0.3 is 10.2 Å². The predicted octanol–water partition coefficient (Wildman–Crippen LogP) is 9.08. The van der Waals surface area contributed by atoms with E-state index in [9.17, 15) is 10.2 Å². The van der Waals surface area contributed by atoms with Crippen LogP contribution in [0.25, 0.3) is 0 Å². The number of rotatable bonds is 1. The van der Waals surface area contributed by atoms with E-state index in [1.54, 1.807) is 0 Å². The van der Waals surface area contributed by atoms with Crippen molar-refractivity contribution in [2.24, 2.45) is 91.0 Å². The van der Waals surface area contributed by atoms with Crippen LogP contribution in [0.1, 0.15) is 144 Å². The van der Waals surface area contributed by atoms with E-state index in [-0.39, 0.29) is 17.6 Å². The van der Waals surface area contributed by atoms with Crippen LogP contribution in [0.15, 0.2) is 10.2 Å². The molecule has 0 aromatic carbocycles. The Morgan fingerprint density at radius 1 is 0.568 bits per heavy atom. The van der Waals surface area contributed by atoms with Crippen molar-refractivity contribution in [1.29, 1.82) is 0 Å². The Bertz CT molecular complexity index is 1210. The van der Waals surface area contributed by atoms with E-state index in [0.29, 0.717) is 34.0 Å². The minimum absolute atomic E-state index is 0.0646. The van der Waals surface area contributed by atoms with Crippen molar-refractivity contribution in [2.45, 2.75) is 156 Å². The van der Waals surface area contributed by atoms with Gasteiger partial charge in [-0.1, -0.05) is 41.5 Å². The van der Waals surface area contributed by atoms with Gasteiger partial charge in [0.25, 0.3) is 0 Å². The van der Waals surface area contributed by atoms with Gasteiger partial charge in [0.1, 0.15) is 0 Å². The minimum atomic E-state index is -0.0733. The molecule has 4 nitrogen and oxygen atoms in total. The van der Waals surface area contributed by atoms with Gasteiger partial charge >= 0.3 is 0 Å². The first kappa shape index (κ1) is 30.6. The third-order valence-corrected chi connectivity index (χ3v) is 17.7. The monoisotopic (exact) mass is 604 g/mol. The minimum Gasteiger partial charge on any atom is -0.393 e. The zero-order valence-corrected chi connectivity index (χ0v) is 29.0. The van der Waals surface area contributed by atoms with Crippen molar-refractivity contribution in [2.75, 3.05) is 0 Å². The van der Waals surface area contributed by atoms with E-state index in [2.05, 4.69) is 41.5 Å². The van der Waals surface area contributed by atoms with Crippen LogP contribution in [0.3, 0.4) is 0 Å². The van der Waals surface area contributed by atoms with Crippen molar-refractivity contribution in [1.82, 2.24) is 0 Å². The molecular formula is C40H64N2O2. The van der Waals surface area contributed by atoms with Crippen LogP contribution >= 0.6 is 0 Å². The number of fused-ring (bicyclic) bond motifs is 10. The lowest BCUT2D eigenvalue weighted by Gasteiger charge is -2.61. The average Bonchev–Trinajstić information content (AvgIpc) is 3.46. The predicted molar refractivity (Wildman–Crippen MR) is 179 cm³/mol. The van der Waals surface area contributed by atoms with Gasteiger partial charge in [0.2, 0.25) is 0 Å². The largest absolute Gasteiger partial charge is 0.393 e. The van der Waals surface area contributed by atoms with Crippen LogP contribution in [-0.2, 0) is 0 Å². The molecule has 0 aliphatic heterocycles. The van der Waals surface area contributed by atoms with E-state index in [1.807, 2.05) is 0 Å². The maximum Gasteiger partial charge on any atom is 0.0596 e. The third kappa shape index (κ3) is 4.26. The highest BCUT2D eigenvalue weighted by Crippen LogP contribution is 2.68. The second kappa shape index (κ2) is 10.4. The summed E-state index contributed by atoms with van der Waals surface area (Å²) in [6.45, 7) is 15.1. The SMILES string of the molecule is CC1C[C@@]2(C)C(CCC3C4C(O)CC[C@@]4(C)CCC32)C/C1=N\N=C1/C[C@@H]2CC[C@@H]3[C@H](CC[C@]4(C)[C@@H](O)CC[C@@H]34)[C@@]2(C)C[C@H]1C. The molecule has 0 amide bonds. The maximum atomic E-state index is 11.1. The molecule has 0 radical (unpaired) electrons. The molecular weight excluding hydrogens is 540 g/mol. The summed E-state index contributed by atoms with van der Waals surface area (Å²) in [5.74, 6) is 6.94. The van der Waals surface area contributed by atoms with Gasteiger partial charge in [0.15, 0.2) is 0 Å². The van der Waals surface area contributed by atoms with E-state index >= 15 is 0 Å². The van der Waals surface area contributed by atoms with E-state index in [0.717, 1.165) is 67.1 Å². The van der Waals surface area contributed by atoms with Crippen molar-refractivity contribution in [3.63, 3.8) is 0 Å². The van der Waals surface area contributed by atoms with Crippen molar-refractivity contribution >= 4 is 11.4 Å². The summed E-state index contributed by atoms with van der Waals surface area (Å²) in [4.78, 5) is 0. The molecule has 8 fully saturated rings. The van der Waals surface area contributed by atoms with Crippen molar-refractivity contribution in [3.05, 3.63) is 0 Å². The van der Waals surface area contributed by atoms with Crippen LogP contribution in [-0.4, -0.2) is 33.8 Å². The van der Waals surface area contributed by atoms with Gasteiger partial charge in [-0.3, -0.25) is 0 Å². The van der Waals surface area contributed by atoms with Gasteiger partial charge in [-0.15, -0.1) is 0 Å². The Kier molecular flexibility index (Phi) is 7.21. The molecule has 2 N–H and O–H groups in total. The van der Waals surface area contributed by atoms with Crippen molar-refractivity contribution < 1.29 is 10.2 Å². The molecule has 0 aromatic heterocycles. The lowest BCUT2D eigenvalue weighted by Crippen LogP contribution is -2.55. The molecule has 8 aliphatic rings. The summed E-state index contributed by atoms with van der Waals surface area (Å²) < 4.78 is 0. The Hall–Kier alpha value is -0.740. The number of nitrogens with zero attached hydrogens (tertiary/aromatic N) is 2. The van der Waals surface area contributed by atoms with Crippen molar-refractivity contribution in [3.8, 4) is 0 Å². The Balaban J connectivity index is 0.974. The molecule has 8 saturated carbocycles. The van der Waals surface area contributed by atoms with Gasteiger partial charge in [-0.2, -0.15) is 10.2 Å². The normalized spacial score (nSPS) is 60.2. The van der Waals surface area contributed by atoms with Crippen LogP contribution in [0.2, 0.25) is 0 Å². The molecule has 246 valence electrons. The topological polar surface area (TPSA) is 65.2 Å². The molecule has 44 heavy (non-hydrogen) atoms. The fraction of sp³-hybridized carbons (Fsp3) is 0.950. The smallest absolute Gasteiger partial charge is 0.0596 e. The first-order valence-corrected chi connectivity index (χ1v) is 19.4. The van der Waals surface area contributed by atoms with E-state index in [1.165, 1.54) is 88.5 Å². The molecule has 0 saturated heterocycles. The van der Waals surface area contributed by atoms with E-state index in [4.69, 9.17) is 10.2 Å². The first-order valence-electron chi connectivity index (χ1n) is 19.4. The van der Waals surface area contributed by atoms with Crippen LogP contribution in [0.4, 0.5) is 0 Å². The summed E-state index contributed by atoms with van der Waals surface area (Å²) in [7, 11) is 0. The molecule has 8 aliphatic carbocycles. The summed E-state index contributed by atoms with van der Waals surface area (Å²) in [5, 5.41) is 32.3. The summed E-state index contributed by atoms with van der Waals surface area (Å²) in [6, 6.07) is 0. The Morgan fingerprint density at radius 3 is 1.73 bits per heavy atom. The number of hydrogen-bond acceptors (Lipinski definition) is 4. The lowest BCUT2D eigenvalue weighted by molar-refractivity contribution is -0.117. The number of aliphatic hydroxyl groups excluding tert-OH is 2. The van der Waals surface area contributed by atoms with Gasteiger partial charge in [0.05, 0.1) is 12.2 Å². The second-order valence-electron chi connectivity index (χ2n) is 19.5. The summed E-state index contributed by atoms with van der Waals surface area (Å²) >= 11 is 0. The van der Waals surface area contributed by atoms with Gasteiger partial charge in [-0.05, 0) is 184 Å². The Morgan fingerprint density at radius 2 is 1.09 bits per heavy atom. The average molecular weight is 605 g/mol. The summed E-state index contributed by atoms with van der Waals surface area (Å²) in [6.07, 6.45) is 19.8. The Labute approximate surface area is 268 Å². The highest BCUT2D eigenvalue weighted by molar-refractivity contribution is 5.91. The first-order chi connectivity index (χ1) is 20.9. The van der Waals surface area contributed by atoms with Crippen LogP contribution < -0.4 is 0 Å². The fourth-order valence-corrected chi connectivity index (χ4v) is 15.2. The molecule has 0 heterocycles. The maximum absolute atomic E-state index is 11.1. The number of hydrogen-bond donors (Lipinski definition) is 2. The third-order valence-electron chi connectivity index (χ3n) is 17.7. The zero-order chi connectivity index (χ0) is 30.8. The standard InChI is InChI=1S/C40H64N2O2/c1-23-21-39(5)25(7-9-27-29-11-12-35(44)38(29,4)18-14-30(27)39)19-32(23)41-42-33-20-26-8-10-28-31(40(26,6)22-24(33)2)13-16-37(3)17-15-34(43)36(28)37/h23-31,34-36,43-44H,7-22H2,1-6H3/b41-32+,42-33+/t23-,24?,25+,26?,27+,28?,29+,30+,31?,34?,35+,36?,37-,38+,39+,40+/m1/s1. The highest BCUT2D eigenvalue weighted by Gasteiger charge is 2.62. The molecule has 8 rings (SSSR count). The second-order valence-corrected chi connectivity index (χ2v) is 19.5. The van der Waals surface area contributed by atoms with Gasteiger partial charge in [0, 0.05) is 11.4 Å². The molecule has 4 heteroatoms. The molecule has 6 unspecified atom stereocenters. The quantitative estimate of drug-likeness (QED) is 0.293. The van der Waals surface area contributed by atoms with Crippen LogP contribution in [0.5, 0.6) is 0 Å². The summed E-state index contributed by atoms with van der Waals surface area (Å²) in [5.41, 5.74) is 4.15. The van der Waals surface area contributed by atoms with Gasteiger partial charge in [-0.25, -0.2) is 0 Å². The molecule has 0 bridgehead atoms. The van der Waals surface area contributed by atoms with E-state index < -0.39 is 0 Å². The highest BCUT2D eigenvalue weighted by atomic mass is 16.3. The van der Waals surface area contributed by atoms with Crippen LogP contribution in [0, 0.1) is 80.8 Å². The fourth-order valence-electron chi connectivity index (χ4n) is 15.2. The molecule has 16 atom stereocenters. The molecule has 0 spiro atoms. The lowest BCUT2D eigenvalue weighted by atomic mass is 9.44. The molecule has 0 aromatic rings. The zero-order valence-electron chi connectivity index (χ0n) is 29.0.